The molecule has 5 rings (SSSR count). The van der Waals surface area contributed by atoms with Gasteiger partial charge in [-0.2, -0.15) is 10.2 Å². The highest BCUT2D eigenvalue weighted by atomic mass is 35.5. The Morgan fingerprint density at radius 2 is 1.67 bits per heavy atom. The van der Waals surface area contributed by atoms with Crippen molar-refractivity contribution < 1.29 is 0 Å². The van der Waals surface area contributed by atoms with E-state index >= 15 is 0 Å². The molecule has 5 aromatic rings. The van der Waals surface area contributed by atoms with Gasteiger partial charge >= 0.3 is 0 Å². The normalized spacial score (nSPS) is 12.1. The number of nitrogens with zero attached hydrogens (tertiary/aromatic N) is 5. The number of hydrogen-bond acceptors (Lipinski definition) is 4. The molecular formula is C28H23Cl2N5S. The van der Waals surface area contributed by atoms with Gasteiger partial charge in [0.05, 0.1) is 34.5 Å². The second kappa shape index (κ2) is 10.3. The number of halogens is 2. The summed E-state index contributed by atoms with van der Waals surface area (Å²) < 4.78 is 3.56. The van der Waals surface area contributed by atoms with Crippen LogP contribution in [-0.4, -0.2) is 20.7 Å². The maximum absolute atomic E-state index is 6.75. The number of aryl methyl sites for hydroxylation is 3. The zero-order valence-corrected chi connectivity index (χ0v) is 22.3. The van der Waals surface area contributed by atoms with Crippen LogP contribution in [0.1, 0.15) is 22.4 Å². The van der Waals surface area contributed by atoms with Crippen molar-refractivity contribution in [3.8, 4) is 16.9 Å². The van der Waals surface area contributed by atoms with Crippen LogP contribution in [-0.2, 0) is 0 Å². The van der Waals surface area contributed by atoms with Gasteiger partial charge in [0.25, 0.3) is 0 Å². The minimum atomic E-state index is 0.499. The van der Waals surface area contributed by atoms with Crippen LogP contribution in [0.15, 0.2) is 88.3 Å². The summed E-state index contributed by atoms with van der Waals surface area (Å²) in [5.74, 6) is 0. The molecule has 2 heterocycles. The highest BCUT2D eigenvalue weighted by molar-refractivity contribution is 7.07. The van der Waals surface area contributed by atoms with Crippen molar-refractivity contribution in [1.82, 2.24) is 14.5 Å². The van der Waals surface area contributed by atoms with Gasteiger partial charge in [0.15, 0.2) is 0 Å². The fourth-order valence-corrected chi connectivity index (χ4v) is 5.15. The second-order valence-electron chi connectivity index (χ2n) is 8.41. The first-order chi connectivity index (χ1) is 17.4. The molecule has 0 bridgehead atoms. The SMILES string of the molecule is Cc1ccc(N=c2scc(-c3ccc(Cl)cc3)n2/N=C\c2c(C)nn(-c3ccccc3)c2Cl)c(C)c1. The van der Waals surface area contributed by atoms with Crippen LogP contribution >= 0.6 is 34.5 Å². The van der Waals surface area contributed by atoms with Gasteiger partial charge in [0.1, 0.15) is 5.15 Å². The van der Waals surface area contributed by atoms with Crippen molar-refractivity contribution in [2.45, 2.75) is 20.8 Å². The van der Waals surface area contributed by atoms with Crippen molar-refractivity contribution in [2.24, 2.45) is 10.1 Å². The van der Waals surface area contributed by atoms with Crippen molar-refractivity contribution in [3.63, 3.8) is 0 Å². The van der Waals surface area contributed by atoms with Crippen LogP contribution in [0.2, 0.25) is 10.2 Å². The minimum Gasteiger partial charge on any atom is -0.221 e. The highest BCUT2D eigenvalue weighted by Crippen LogP contribution is 2.25. The van der Waals surface area contributed by atoms with E-state index in [9.17, 15) is 0 Å². The molecule has 0 aliphatic carbocycles. The Bertz CT molecular complexity index is 1630. The molecule has 0 saturated carbocycles. The molecule has 36 heavy (non-hydrogen) atoms. The van der Waals surface area contributed by atoms with Gasteiger partial charge in [-0.05, 0) is 56.7 Å². The van der Waals surface area contributed by atoms with E-state index in [2.05, 4.69) is 31.1 Å². The highest BCUT2D eigenvalue weighted by Gasteiger charge is 2.14. The molecule has 0 atom stereocenters. The second-order valence-corrected chi connectivity index (χ2v) is 10.0. The number of thiazole rings is 1. The Morgan fingerprint density at radius 1 is 0.917 bits per heavy atom. The van der Waals surface area contributed by atoms with E-state index in [0.29, 0.717) is 10.2 Å². The van der Waals surface area contributed by atoms with Crippen LogP contribution < -0.4 is 4.80 Å². The Hall–Kier alpha value is -3.45. The third-order valence-electron chi connectivity index (χ3n) is 5.74. The maximum Gasteiger partial charge on any atom is 0.211 e. The molecule has 0 spiro atoms. The predicted octanol–water partition coefficient (Wildman–Crippen LogP) is 7.75. The van der Waals surface area contributed by atoms with Gasteiger partial charge in [0.2, 0.25) is 4.80 Å². The van der Waals surface area contributed by atoms with E-state index < -0.39 is 0 Å². The molecule has 0 fully saturated rings. The van der Waals surface area contributed by atoms with E-state index in [1.165, 1.54) is 16.9 Å². The van der Waals surface area contributed by atoms with Gasteiger partial charge in [-0.3, -0.25) is 0 Å². The van der Waals surface area contributed by atoms with Crippen molar-refractivity contribution >= 4 is 46.4 Å². The molecule has 2 aromatic heterocycles. The molecule has 0 aliphatic rings. The number of aromatic nitrogens is 3. The number of rotatable bonds is 5. The summed E-state index contributed by atoms with van der Waals surface area (Å²) in [5, 5.41) is 12.7. The Morgan fingerprint density at radius 3 is 2.39 bits per heavy atom. The van der Waals surface area contributed by atoms with E-state index in [4.69, 9.17) is 33.3 Å². The largest absolute Gasteiger partial charge is 0.221 e. The van der Waals surface area contributed by atoms with E-state index in [1.54, 1.807) is 10.9 Å². The summed E-state index contributed by atoms with van der Waals surface area (Å²) >= 11 is 14.4. The molecule has 180 valence electrons. The first-order valence-corrected chi connectivity index (χ1v) is 13.0. The van der Waals surface area contributed by atoms with Gasteiger partial charge in [0, 0.05) is 16.0 Å². The quantitative estimate of drug-likeness (QED) is 0.214. The van der Waals surface area contributed by atoms with Gasteiger partial charge in [-0.1, -0.05) is 71.2 Å². The molecule has 0 aliphatic heterocycles. The van der Waals surface area contributed by atoms with E-state index in [-0.39, 0.29) is 0 Å². The molecule has 0 unspecified atom stereocenters. The smallest absolute Gasteiger partial charge is 0.211 e. The lowest BCUT2D eigenvalue weighted by Crippen LogP contribution is -2.11. The van der Waals surface area contributed by atoms with Crippen molar-refractivity contribution in [2.75, 3.05) is 0 Å². The molecule has 0 saturated heterocycles. The average molecular weight is 533 g/mol. The van der Waals surface area contributed by atoms with Gasteiger partial charge in [-0.25, -0.2) is 14.4 Å². The fourth-order valence-electron chi connectivity index (χ4n) is 3.86. The topological polar surface area (TPSA) is 47.5 Å². The summed E-state index contributed by atoms with van der Waals surface area (Å²) in [6, 6.07) is 23.7. The molecule has 8 heteroatoms. The molecular weight excluding hydrogens is 509 g/mol. The molecule has 5 nitrogen and oxygen atoms in total. The number of para-hydroxylation sites is 1. The lowest BCUT2D eigenvalue weighted by molar-refractivity contribution is 0.854. The molecule has 0 N–H and O–H groups in total. The van der Waals surface area contributed by atoms with Crippen LogP contribution in [0.4, 0.5) is 5.69 Å². The predicted molar refractivity (Wildman–Crippen MR) is 150 cm³/mol. The van der Waals surface area contributed by atoms with Crippen molar-refractivity contribution in [1.29, 1.82) is 0 Å². The van der Waals surface area contributed by atoms with Crippen LogP contribution in [0.3, 0.4) is 0 Å². The average Bonchev–Trinajstić information content (AvgIpc) is 3.40. The number of hydrogen-bond donors (Lipinski definition) is 0. The summed E-state index contributed by atoms with van der Waals surface area (Å²) in [5.41, 5.74) is 7.52. The third-order valence-corrected chi connectivity index (χ3v) is 7.18. The maximum atomic E-state index is 6.75. The summed E-state index contributed by atoms with van der Waals surface area (Å²) in [7, 11) is 0. The van der Waals surface area contributed by atoms with Crippen LogP contribution in [0.5, 0.6) is 0 Å². The van der Waals surface area contributed by atoms with Crippen LogP contribution in [0.25, 0.3) is 16.9 Å². The first-order valence-electron chi connectivity index (χ1n) is 11.3. The standard InChI is InChI=1S/C28H23Cl2N5S/c1-18-9-14-25(19(2)15-18)32-28-35(26(17-36-28)21-10-12-22(29)13-11-21)31-16-24-20(3)33-34(27(24)30)23-7-5-4-6-8-23/h4-17H,1-3H3/b31-16-,32-28?. The summed E-state index contributed by atoms with van der Waals surface area (Å²) in [4.78, 5) is 5.69. The summed E-state index contributed by atoms with van der Waals surface area (Å²) in [6.45, 7) is 6.06. The van der Waals surface area contributed by atoms with Crippen molar-refractivity contribution in [3.05, 3.63) is 116 Å². The Kier molecular flexibility index (Phi) is 6.92. The first kappa shape index (κ1) is 24.3. The molecule has 0 radical (unpaired) electrons. The zero-order valence-electron chi connectivity index (χ0n) is 20.0. The number of benzene rings is 3. The fraction of sp³-hybridized carbons (Fsp3) is 0.107. The molecule has 3 aromatic carbocycles. The Balaban J connectivity index is 1.64. The molecule has 0 amide bonds. The summed E-state index contributed by atoms with van der Waals surface area (Å²) in [6.07, 6.45) is 1.75. The van der Waals surface area contributed by atoms with Crippen LogP contribution in [0, 0.1) is 20.8 Å². The lowest BCUT2D eigenvalue weighted by Gasteiger charge is -2.05. The van der Waals surface area contributed by atoms with Gasteiger partial charge < -0.3 is 0 Å². The zero-order chi connectivity index (χ0) is 25.2. The monoisotopic (exact) mass is 531 g/mol. The lowest BCUT2D eigenvalue weighted by atomic mass is 10.1. The Labute approximate surface area is 223 Å². The van der Waals surface area contributed by atoms with E-state index in [1.807, 2.05) is 77.6 Å². The van der Waals surface area contributed by atoms with E-state index in [0.717, 1.165) is 44.3 Å². The minimum absolute atomic E-state index is 0.499. The van der Waals surface area contributed by atoms with Gasteiger partial charge in [-0.15, -0.1) is 11.3 Å². The third kappa shape index (κ3) is 4.93.